The molecule has 1 aliphatic rings. The Morgan fingerprint density at radius 2 is 2.11 bits per heavy atom. The monoisotopic (exact) mass is 396 g/mol. The van der Waals surface area contributed by atoms with Gasteiger partial charge in [0.1, 0.15) is 11.5 Å². The van der Waals surface area contributed by atoms with Crippen molar-refractivity contribution in [2.24, 2.45) is 5.41 Å². The molecule has 0 amide bonds. The minimum absolute atomic E-state index is 0.103. The van der Waals surface area contributed by atoms with E-state index in [-0.39, 0.29) is 22.5 Å². The van der Waals surface area contributed by atoms with Gasteiger partial charge in [0, 0.05) is 25.3 Å². The summed E-state index contributed by atoms with van der Waals surface area (Å²) in [6.45, 7) is 4.21. The average Bonchev–Trinajstić information content (AvgIpc) is 3.07. The van der Waals surface area contributed by atoms with Crippen molar-refractivity contribution >= 4 is 10.0 Å². The van der Waals surface area contributed by atoms with E-state index in [0.717, 1.165) is 37.6 Å². The van der Waals surface area contributed by atoms with E-state index < -0.39 is 15.8 Å². The van der Waals surface area contributed by atoms with Gasteiger partial charge in [-0.15, -0.1) is 0 Å². The highest BCUT2D eigenvalue weighted by Crippen LogP contribution is 2.29. The lowest BCUT2D eigenvalue weighted by molar-refractivity contribution is 0.0577. The van der Waals surface area contributed by atoms with Crippen molar-refractivity contribution in [3.05, 3.63) is 42.0 Å². The molecule has 1 aromatic heterocycles. The molecule has 7 nitrogen and oxygen atoms in total. The smallest absolute Gasteiger partial charge is 0.240 e. The molecule has 1 saturated heterocycles. The van der Waals surface area contributed by atoms with E-state index in [2.05, 4.69) is 15.1 Å². The zero-order valence-electron chi connectivity index (χ0n) is 15.5. The van der Waals surface area contributed by atoms with Crippen molar-refractivity contribution in [3.8, 4) is 5.69 Å². The van der Waals surface area contributed by atoms with Gasteiger partial charge < -0.3 is 10.1 Å². The van der Waals surface area contributed by atoms with Crippen LogP contribution in [0.3, 0.4) is 0 Å². The Bertz CT molecular complexity index is 886. The van der Waals surface area contributed by atoms with Crippen molar-refractivity contribution in [3.63, 3.8) is 0 Å². The average molecular weight is 396 g/mol. The van der Waals surface area contributed by atoms with Gasteiger partial charge in [0.2, 0.25) is 10.0 Å². The number of nitrogens with one attached hydrogen (secondary N) is 2. The van der Waals surface area contributed by atoms with E-state index in [4.69, 9.17) is 4.74 Å². The molecule has 1 fully saturated rings. The lowest BCUT2D eigenvalue weighted by Crippen LogP contribution is -2.47. The standard InChI is InChI=1S/C18H25FN4O3S/c1-14-10-21-23(11-14)17-4-3-15(9-16(17)19)27(24,25)22-12-18(13-26-2)5-7-20-8-6-18/h3-4,9-11,20,22H,5-8,12-13H2,1-2H3. The first-order chi connectivity index (χ1) is 12.9. The van der Waals surface area contributed by atoms with Gasteiger partial charge in [-0.25, -0.2) is 22.2 Å². The number of piperidine rings is 1. The number of aryl methyl sites for hydroxylation is 1. The van der Waals surface area contributed by atoms with Gasteiger partial charge >= 0.3 is 0 Å². The second-order valence-electron chi connectivity index (χ2n) is 7.08. The van der Waals surface area contributed by atoms with Crippen LogP contribution >= 0.6 is 0 Å². The molecule has 0 bridgehead atoms. The molecule has 0 saturated carbocycles. The summed E-state index contributed by atoms with van der Waals surface area (Å²) in [5, 5.41) is 7.32. The highest BCUT2D eigenvalue weighted by Gasteiger charge is 2.33. The topological polar surface area (TPSA) is 85.2 Å². The predicted molar refractivity (Wildman–Crippen MR) is 99.9 cm³/mol. The summed E-state index contributed by atoms with van der Waals surface area (Å²) >= 11 is 0. The molecule has 0 atom stereocenters. The first-order valence-corrected chi connectivity index (χ1v) is 10.3. The number of methoxy groups -OCH3 is 1. The summed E-state index contributed by atoms with van der Waals surface area (Å²) in [6, 6.07) is 3.84. The van der Waals surface area contributed by atoms with E-state index in [1.807, 2.05) is 6.92 Å². The number of halogens is 1. The maximum Gasteiger partial charge on any atom is 0.240 e. The van der Waals surface area contributed by atoms with Crippen LogP contribution in [0.2, 0.25) is 0 Å². The summed E-state index contributed by atoms with van der Waals surface area (Å²) < 4.78 is 49.2. The third kappa shape index (κ3) is 4.55. The number of ether oxygens (including phenoxy) is 1. The quantitative estimate of drug-likeness (QED) is 0.743. The van der Waals surface area contributed by atoms with Crippen LogP contribution in [0.4, 0.5) is 4.39 Å². The van der Waals surface area contributed by atoms with Crippen molar-refractivity contribution in [2.45, 2.75) is 24.7 Å². The predicted octanol–water partition coefficient (Wildman–Crippen LogP) is 1.61. The lowest BCUT2D eigenvalue weighted by atomic mass is 9.80. The minimum Gasteiger partial charge on any atom is -0.384 e. The molecular formula is C18H25FN4O3S. The Morgan fingerprint density at radius 3 is 2.70 bits per heavy atom. The van der Waals surface area contributed by atoms with Gasteiger partial charge in [-0.3, -0.25) is 0 Å². The zero-order valence-corrected chi connectivity index (χ0v) is 16.4. The minimum atomic E-state index is -3.83. The summed E-state index contributed by atoms with van der Waals surface area (Å²) in [7, 11) is -2.21. The van der Waals surface area contributed by atoms with Gasteiger partial charge in [-0.05, 0) is 56.6 Å². The van der Waals surface area contributed by atoms with Gasteiger partial charge in [0.15, 0.2) is 0 Å². The van der Waals surface area contributed by atoms with E-state index in [0.29, 0.717) is 6.61 Å². The van der Waals surface area contributed by atoms with Crippen molar-refractivity contribution in [1.82, 2.24) is 19.8 Å². The van der Waals surface area contributed by atoms with Crippen LogP contribution in [0.25, 0.3) is 5.69 Å². The summed E-state index contributed by atoms with van der Waals surface area (Å²) in [4.78, 5) is -0.103. The summed E-state index contributed by atoms with van der Waals surface area (Å²) in [5.41, 5.74) is 0.840. The largest absolute Gasteiger partial charge is 0.384 e. The molecule has 148 valence electrons. The molecule has 1 aliphatic heterocycles. The second kappa shape index (κ2) is 8.05. The molecular weight excluding hydrogens is 371 g/mol. The van der Waals surface area contributed by atoms with Gasteiger partial charge in [0.05, 0.1) is 17.7 Å². The Hall–Kier alpha value is -1.81. The Morgan fingerprint density at radius 1 is 1.37 bits per heavy atom. The molecule has 2 N–H and O–H groups in total. The molecule has 0 unspecified atom stereocenters. The summed E-state index contributed by atoms with van der Waals surface area (Å²) in [5.74, 6) is -0.644. The van der Waals surface area contributed by atoms with Crippen LogP contribution in [0.1, 0.15) is 18.4 Å². The zero-order chi connectivity index (χ0) is 19.5. The number of sulfonamides is 1. The number of hydrogen-bond donors (Lipinski definition) is 2. The number of rotatable bonds is 7. The van der Waals surface area contributed by atoms with Gasteiger partial charge in [-0.1, -0.05) is 0 Å². The Labute approximate surface area is 159 Å². The molecule has 2 aromatic rings. The molecule has 0 aliphatic carbocycles. The van der Waals surface area contributed by atoms with Crippen molar-refractivity contribution < 1.29 is 17.5 Å². The van der Waals surface area contributed by atoms with E-state index in [1.54, 1.807) is 19.5 Å². The molecule has 1 aromatic carbocycles. The maximum atomic E-state index is 14.5. The normalized spacial score (nSPS) is 17.1. The first-order valence-electron chi connectivity index (χ1n) is 8.86. The highest BCUT2D eigenvalue weighted by molar-refractivity contribution is 7.89. The highest BCUT2D eigenvalue weighted by atomic mass is 32.2. The molecule has 3 rings (SSSR count). The van der Waals surface area contributed by atoms with Gasteiger partial charge in [0.25, 0.3) is 0 Å². The van der Waals surface area contributed by atoms with Gasteiger partial charge in [-0.2, -0.15) is 5.10 Å². The third-order valence-electron chi connectivity index (χ3n) is 4.94. The Balaban J connectivity index is 1.77. The lowest BCUT2D eigenvalue weighted by Gasteiger charge is -2.37. The molecule has 9 heteroatoms. The Kier molecular flexibility index (Phi) is 5.95. The molecule has 27 heavy (non-hydrogen) atoms. The van der Waals surface area contributed by atoms with E-state index >= 15 is 0 Å². The number of hydrogen-bond acceptors (Lipinski definition) is 5. The fourth-order valence-electron chi connectivity index (χ4n) is 3.35. The number of benzene rings is 1. The van der Waals surface area contributed by atoms with E-state index in [1.165, 1.54) is 16.8 Å². The second-order valence-corrected chi connectivity index (χ2v) is 8.85. The summed E-state index contributed by atoms with van der Waals surface area (Å²) in [6.07, 6.45) is 4.92. The van der Waals surface area contributed by atoms with Crippen molar-refractivity contribution in [2.75, 3.05) is 33.4 Å². The number of nitrogens with zero attached hydrogens (tertiary/aromatic N) is 2. The fourth-order valence-corrected chi connectivity index (χ4v) is 4.52. The first kappa shape index (κ1) is 19.9. The fraction of sp³-hybridized carbons (Fsp3) is 0.500. The number of aromatic nitrogens is 2. The van der Waals surface area contributed by atoms with Crippen molar-refractivity contribution in [1.29, 1.82) is 0 Å². The molecule has 2 heterocycles. The molecule has 0 radical (unpaired) electrons. The van der Waals surface area contributed by atoms with Crippen LogP contribution < -0.4 is 10.0 Å². The van der Waals surface area contributed by atoms with Crippen LogP contribution in [0.5, 0.6) is 0 Å². The SMILES string of the molecule is COCC1(CNS(=O)(=O)c2ccc(-n3cc(C)cn3)c(F)c2)CCNCC1. The van der Waals surface area contributed by atoms with Crippen LogP contribution in [0, 0.1) is 18.2 Å². The third-order valence-corrected chi connectivity index (χ3v) is 6.34. The van der Waals surface area contributed by atoms with Crippen LogP contribution in [-0.4, -0.2) is 51.5 Å². The maximum absolute atomic E-state index is 14.5. The van der Waals surface area contributed by atoms with E-state index in [9.17, 15) is 12.8 Å². The van der Waals surface area contributed by atoms with Crippen LogP contribution in [0.15, 0.2) is 35.5 Å². The van der Waals surface area contributed by atoms with Crippen LogP contribution in [-0.2, 0) is 14.8 Å². The molecule has 0 spiro atoms.